The first kappa shape index (κ1) is 21.9. The van der Waals surface area contributed by atoms with Gasteiger partial charge in [-0.2, -0.15) is 30.7 Å². The average molecular weight is 399 g/mol. The number of benzene rings is 1. The first-order valence-electron chi connectivity index (χ1n) is 6.62. The largest absolute Gasteiger partial charge is 0.460 e. The molecule has 0 saturated heterocycles. The van der Waals surface area contributed by atoms with Crippen LogP contribution < -0.4 is 4.74 Å². The van der Waals surface area contributed by atoms with Crippen molar-refractivity contribution in [2.24, 2.45) is 0 Å². The molecule has 0 aromatic heterocycles. The molecule has 0 atom stereocenters. The van der Waals surface area contributed by atoms with Crippen LogP contribution in [0.2, 0.25) is 0 Å². The van der Waals surface area contributed by atoms with Gasteiger partial charge in [0.2, 0.25) is 5.69 Å². The Morgan fingerprint density at radius 1 is 1.15 bits per heavy atom. The number of hydrogen-bond donors (Lipinski definition) is 0. The maximum atomic E-state index is 13.1. The van der Waals surface area contributed by atoms with Crippen LogP contribution in [-0.2, 0) is 20.9 Å². The third-order valence-electron chi connectivity index (χ3n) is 2.90. The van der Waals surface area contributed by atoms with Crippen LogP contribution >= 0.6 is 0 Å². The summed E-state index contributed by atoms with van der Waals surface area (Å²) in [6.45, 7) is 8.88. The van der Waals surface area contributed by atoms with Gasteiger partial charge in [-0.05, 0) is 17.7 Å². The number of alkyl halides is 7. The molecule has 0 N–H and O–H groups in total. The lowest BCUT2D eigenvalue weighted by molar-refractivity contribution is -0.348. The summed E-state index contributed by atoms with van der Waals surface area (Å²) in [6, 6.07) is 2.90. The van der Waals surface area contributed by atoms with Gasteiger partial charge in [-0.25, -0.2) is 14.4 Å². The molecule has 1 rings (SSSR count). The average Bonchev–Trinajstić information content (AvgIpc) is 2.58. The second-order valence-corrected chi connectivity index (χ2v) is 4.76. The minimum absolute atomic E-state index is 0.209. The predicted molar refractivity (Wildman–Crippen MR) is 74.3 cm³/mol. The van der Waals surface area contributed by atoms with Crippen molar-refractivity contribution in [2.75, 3.05) is 0 Å². The molecule has 0 bridgehead atoms. The lowest BCUT2D eigenvalue weighted by Crippen LogP contribution is -2.56. The van der Waals surface area contributed by atoms with Crippen LogP contribution in [0.4, 0.5) is 36.4 Å². The summed E-state index contributed by atoms with van der Waals surface area (Å²) in [5.74, 6) is -17.1. The van der Waals surface area contributed by atoms with Crippen molar-refractivity contribution in [3.63, 3.8) is 0 Å². The van der Waals surface area contributed by atoms with E-state index >= 15 is 0 Å². The molecule has 5 nitrogen and oxygen atoms in total. The maximum absolute atomic E-state index is 13.1. The smallest absolute Gasteiger partial charge is 0.456 e. The molecule has 0 saturated carbocycles. The molecule has 0 aliphatic carbocycles. The van der Waals surface area contributed by atoms with Crippen molar-refractivity contribution >= 4 is 17.6 Å². The highest BCUT2D eigenvalue weighted by atomic mass is 19.4. The highest BCUT2D eigenvalue weighted by Crippen LogP contribution is 2.47. The summed E-state index contributed by atoms with van der Waals surface area (Å²) >= 11 is 0. The summed E-state index contributed by atoms with van der Waals surface area (Å²) in [4.78, 5) is 25.1. The van der Waals surface area contributed by atoms with E-state index in [-0.39, 0.29) is 17.0 Å². The van der Waals surface area contributed by atoms with Gasteiger partial charge >= 0.3 is 30.0 Å². The summed E-state index contributed by atoms with van der Waals surface area (Å²) in [5.41, 5.74) is -0.551. The topological polar surface area (TPSA) is 57.0 Å². The van der Waals surface area contributed by atoms with Gasteiger partial charge in [-0.1, -0.05) is 12.6 Å². The minimum Gasteiger partial charge on any atom is -0.456 e. The third kappa shape index (κ3) is 4.55. The van der Waals surface area contributed by atoms with Gasteiger partial charge in [-0.3, -0.25) is 0 Å². The summed E-state index contributed by atoms with van der Waals surface area (Å²) in [7, 11) is 0. The molecule has 1 aromatic rings. The van der Waals surface area contributed by atoms with Crippen LogP contribution in [0.25, 0.3) is 4.85 Å². The highest BCUT2D eigenvalue weighted by Gasteiger charge is 2.77. The van der Waals surface area contributed by atoms with Crippen molar-refractivity contribution in [2.45, 2.75) is 24.6 Å². The van der Waals surface area contributed by atoms with Crippen LogP contribution in [0.1, 0.15) is 5.56 Å². The van der Waals surface area contributed by atoms with E-state index in [9.17, 15) is 40.3 Å². The van der Waals surface area contributed by atoms with E-state index < -0.39 is 36.6 Å². The van der Waals surface area contributed by atoms with Crippen LogP contribution in [0.15, 0.2) is 30.9 Å². The van der Waals surface area contributed by atoms with E-state index in [0.717, 1.165) is 24.3 Å². The van der Waals surface area contributed by atoms with E-state index in [1.165, 1.54) is 0 Å². The first-order valence-corrected chi connectivity index (χ1v) is 6.62. The monoisotopic (exact) mass is 399 g/mol. The molecular formula is C15H8F7NO4. The Balaban J connectivity index is 2.95. The Morgan fingerprint density at radius 2 is 1.74 bits per heavy atom. The summed E-state index contributed by atoms with van der Waals surface area (Å²) in [5, 5.41) is 0. The Morgan fingerprint density at radius 3 is 2.22 bits per heavy atom. The van der Waals surface area contributed by atoms with Gasteiger partial charge in [0.15, 0.2) is 0 Å². The molecular weight excluding hydrogens is 391 g/mol. The first-order chi connectivity index (χ1) is 12.3. The Labute approximate surface area is 146 Å². The number of hydrogen-bond acceptors (Lipinski definition) is 4. The second-order valence-electron chi connectivity index (χ2n) is 4.76. The van der Waals surface area contributed by atoms with E-state index in [0.29, 0.717) is 0 Å². The van der Waals surface area contributed by atoms with Gasteiger partial charge in [0, 0.05) is 6.08 Å². The number of carbonyl (C=O) groups is 2. The van der Waals surface area contributed by atoms with Crippen molar-refractivity contribution in [1.82, 2.24) is 0 Å². The van der Waals surface area contributed by atoms with Gasteiger partial charge < -0.3 is 9.47 Å². The normalized spacial score (nSPS) is 12.1. The highest BCUT2D eigenvalue weighted by molar-refractivity contribution is 5.84. The van der Waals surface area contributed by atoms with Gasteiger partial charge in [-0.15, -0.1) is 0 Å². The molecule has 12 heteroatoms. The fourth-order valence-electron chi connectivity index (χ4n) is 1.52. The number of ether oxygens (including phenoxy) is 2. The molecule has 0 unspecified atom stereocenters. The zero-order valence-electron chi connectivity index (χ0n) is 12.9. The maximum Gasteiger partial charge on any atom is 0.460 e. The van der Waals surface area contributed by atoms with Crippen molar-refractivity contribution in [1.29, 1.82) is 0 Å². The van der Waals surface area contributed by atoms with Crippen molar-refractivity contribution in [3.8, 4) is 5.75 Å². The summed E-state index contributed by atoms with van der Waals surface area (Å²) in [6.07, 6.45) is -5.89. The van der Waals surface area contributed by atoms with E-state index in [2.05, 4.69) is 20.9 Å². The van der Waals surface area contributed by atoms with E-state index in [4.69, 9.17) is 6.57 Å². The Hall–Kier alpha value is -3.10. The number of halogens is 7. The number of nitrogens with zero attached hydrogens (tertiary/aromatic N) is 1. The quantitative estimate of drug-likeness (QED) is 0.237. The van der Waals surface area contributed by atoms with Crippen LogP contribution in [-0.4, -0.2) is 30.0 Å². The van der Waals surface area contributed by atoms with Crippen molar-refractivity contribution in [3.05, 3.63) is 47.8 Å². The fourth-order valence-corrected chi connectivity index (χ4v) is 1.52. The van der Waals surface area contributed by atoms with E-state index in [1.807, 2.05) is 0 Å². The number of rotatable bonds is 6. The SMILES string of the molecule is [C-]#[N+]c1cc(COC(=O)C(F)(F)C(F)(F)C(F)(F)F)ccc1OC(=O)C=C. The molecule has 0 aliphatic rings. The summed E-state index contributed by atoms with van der Waals surface area (Å²) < 4.78 is 96.3. The Bertz CT molecular complexity index is 796. The van der Waals surface area contributed by atoms with Gasteiger partial charge in [0.1, 0.15) is 12.4 Å². The van der Waals surface area contributed by atoms with Gasteiger partial charge in [0.05, 0.1) is 6.57 Å². The molecule has 0 radical (unpaired) electrons. The third-order valence-corrected chi connectivity index (χ3v) is 2.90. The molecule has 0 spiro atoms. The predicted octanol–water partition coefficient (Wildman–Crippen LogP) is 4.20. The second kappa shape index (κ2) is 7.65. The Kier molecular flexibility index (Phi) is 6.21. The standard InChI is InChI=1S/C15H8F7NO4/c1-3-11(24)27-10-5-4-8(6-9(10)23-2)7-26-12(25)13(16,17)14(18,19)15(20,21)22/h3-6H,1,7H2. The molecule has 0 aliphatic heterocycles. The van der Waals surface area contributed by atoms with E-state index in [1.54, 1.807) is 0 Å². The number of carbonyl (C=O) groups excluding carboxylic acids is 2. The van der Waals surface area contributed by atoms with Crippen LogP contribution in [0.3, 0.4) is 0 Å². The van der Waals surface area contributed by atoms with Crippen LogP contribution in [0.5, 0.6) is 5.75 Å². The minimum atomic E-state index is -6.68. The lowest BCUT2D eigenvalue weighted by Gasteiger charge is -2.26. The number of esters is 2. The molecule has 0 amide bonds. The zero-order chi connectivity index (χ0) is 21.0. The lowest BCUT2D eigenvalue weighted by atomic mass is 10.1. The zero-order valence-corrected chi connectivity index (χ0v) is 12.9. The molecule has 0 heterocycles. The molecule has 146 valence electrons. The van der Waals surface area contributed by atoms with Crippen LogP contribution in [0, 0.1) is 6.57 Å². The van der Waals surface area contributed by atoms with Gasteiger partial charge in [0.25, 0.3) is 0 Å². The molecule has 1 aromatic carbocycles. The van der Waals surface area contributed by atoms with Crippen molar-refractivity contribution < 1.29 is 49.8 Å². The fraction of sp³-hybridized carbons (Fsp3) is 0.267. The molecule has 0 fully saturated rings. The molecule has 27 heavy (non-hydrogen) atoms.